The van der Waals surface area contributed by atoms with E-state index in [1.54, 1.807) is 18.2 Å². The Hall–Kier alpha value is -1.51. The number of phenols is 1. The van der Waals surface area contributed by atoms with Gasteiger partial charge >= 0.3 is 5.97 Å². The molecule has 1 aromatic rings. The molecule has 3 heteroatoms. The third kappa shape index (κ3) is 1.69. The molecular weight excluding hydrogens is 192 g/mol. The van der Waals surface area contributed by atoms with E-state index in [-0.39, 0.29) is 5.75 Å². The number of hydrogen-bond donors (Lipinski definition) is 2. The first-order valence-electron chi connectivity index (χ1n) is 5.14. The number of benzene rings is 1. The smallest absolute Gasteiger partial charge is 0.309 e. The molecule has 0 spiro atoms. The molecule has 1 aromatic carbocycles. The lowest BCUT2D eigenvalue weighted by Gasteiger charge is -2.37. The standard InChI is InChI=1S/C12H14O3/c13-10-5-2-1-4-9(10)8-12(11(14)15)6-3-7-12/h1-2,4-5,13H,3,6-8H2,(H,14,15). The van der Waals surface area contributed by atoms with Crippen LogP contribution in [0.5, 0.6) is 5.75 Å². The van der Waals surface area contributed by atoms with Crippen LogP contribution in [-0.4, -0.2) is 16.2 Å². The van der Waals surface area contributed by atoms with Crippen molar-refractivity contribution in [1.82, 2.24) is 0 Å². The van der Waals surface area contributed by atoms with Gasteiger partial charge in [-0.05, 0) is 30.9 Å². The van der Waals surface area contributed by atoms with Crippen molar-refractivity contribution in [2.24, 2.45) is 5.41 Å². The molecule has 1 aliphatic carbocycles. The molecule has 2 rings (SSSR count). The average molecular weight is 206 g/mol. The van der Waals surface area contributed by atoms with Crippen LogP contribution < -0.4 is 0 Å². The SMILES string of the molecule is O=C(O)C1(Cc2ccccc2O)CCC1. The number of rotatable bonds is 3. The Bertz CT molecular complexity index is 380. The summed E-state index contributed by atoms with van der Waals surface area (Å²) in [5, 5.41) is 18.7. The fraction of sp³-hybridized carbons (Fsp3) is 0.417. The van der Waals surface area contributed by atoms with Gasteiger partial charge in [-0.1, -0.05) is 24.6 Å². The van der Waals surface area contributed by atoms with E-state index in [1.165, 1.54) is 0 Å². The molecule has 1 fully saturated rings. The van der Waals surface area contributed by atoms with Crippen LogP contribution >= 0.6 is 0 Å². The maximum Gasteiger partial charge on any atom is 0.309 e. The highest BCUT2D eigenvalue weighted by molar-refractivity contribution is 5.76. The summed E-state index contributed by atoms with van der Waals surface area (Å²) in [5.41, 5.74) is 0.110. The highest BCUT2D eigenvalue weighted by Gasteiger charge is 2.44. The number of hydrogen-bond acceptors (Lipinski definition) is 2. The first-order valence-corrected chi connectivity index (χ1v) is 5.14. The minimum absolute atomic E-state index is 0.199. The molecule has 0 bridgehead atoms. The van der Waals surface area contributed by atoms with Crippen molar-refractivity contribution >= 4 is 5.97 Å². The lowest BCUT2D eigenvalue weighted by Crippen LogP contribution is -2.39. The Morgan fingerprint density at radius 3 is 2.47 bits per heavy atom. The van der Waals surface area contributed by atoms with Crippen molar-refractivity contribution in [2.45, 2.75) is 25.7 Å². The molecule has 0 saturated heterocycles. The third-order valence-corrected chi connectivity index (χ3v) is 3.28. The van der Waals surface area contributed by atoms with Gasteiger partial charge in [0.25, 0.3) is 0 Å². The van der Waals surface area contributed by atoms with Gasteiger partial charge in [0.15, 0.2) is 0 Å². The third-order valence-electron chi connectivity index (χ3n) is 3.28. The minimum atomic E-state index is -0.739. The fourth-order valence-electron chi connectivity index (χ4n) is 2.09. The quantitative estimate of drug-likeness (QED) is 0.797. The van der Waals surface area contributed by atoms with Crippen LogP contribution in [0.15, 0.2) is 24.3 Å². The molecule has 0 aromatic heterocycles. The second kappa shape index (κ2) is 3.57. The minimum Gasteiger partial charge on any atom is -0.508 e. The number of carbonyl (C=O) groups is 1. The predicted octanol–water partition coefficient (Wildman–Crippen LogP) is 2.19. The van der Waals surface area contributed by atoms with Gasteiger partial charge < -0.3 is 10.2 Å². The van der Waals surface area contributed by atoms with Gasteiger partial charge in [-0.25, -0.2) is 0 Å². The summed E-state index contributed by atoms with van der Waals surface area (Å²) in [7, 11) is 0. The van der Waals surface area contributed by atoms with E-state index >= 15 is 0 Å². The average Bonchev–Trinajstić information content (AvgIpc) is 2.13. The molecule has 15 heavy (non-hydrogen) atoms. The van der Waals surface area contributed by atoms with Crippen LogP contribution in [-0.2, 0) is 11.2 Å². The zero-order valence-electron chi connectivity index (χ0n) is 8.44. The van der Waals surface area contributed by atoms with E-state index in [0.717, 1.165) is 24.8 Å². The zero-order valence-corrected chi connectivity index (χ0v) is 8.44. The number of aromatic hydroxyl groups is 1. The molecule has 3 nitrogen and oxygen atoms in total. The lowest BCUT2D eigenvalue weighted by atomic mass is 9.65. The van der Waals surface area contributed by atoms with Crippen molar-refractivity contribution in [2.75, 3.05) is 0 Å². The van der Waals surface area contributed by atoms with Crippen LogP contribution in [0.25, 0.3) is 0 Å². The topological polar surface area (TPSA) is 57.5 Å². The van der Waals surface area contributed by atoms with Crippen molar-refractivity contribution in [3.8, 4) is 5.75 Å². The van der Waals surface area contributed by atoms with E-state index < -0.39 is 11.4 Å². The van der Waals surface area contributed by atoms with Gasteiger partial charge in [-0.2, -0.15) is 0 Å². The summed E-state index contributed by atoms with van der Waals surface area (Å²) < 4.78 is 0. The van der Waals surface area contributed by atoms with Crippen LogP contribution in [0.1, 0.15) is 24.8 Å². The van der Waals surface area contributed by atoms with Crippen molar-refractivity contribution < 1.29 is 15.0 Å². The molecule has 0 aliphatic heterocycles. The van der Waals surface area contributed by atoms with Gasteiger partial charge in [0.2, 0.25) is 0 Å². The van der Waals surface area contributed by atoms with Gasteiger partial charge in [0.05, 0.1) is 5.41 Å². The summed E-state index contributed by atoms with van der Waals surface area (Å²) in [6, 6.07) is 6.96. The fourth-order valence-corrected chi connectivity index (χ4v) is 2.09. The van der Waals surface area contributed by atoms with Crippen LogP contribution in [0, 0.1) is 5.41 Å². The van der Waals surface area contributed by atoms with Crippen molar-refractivity contribution in [3.63, 3.8) is 0 Å². The Kier molecular flexibility index (Phi) is 2.39. The van der Waals surface area contributed by atoms with Crippen molar-refractivity contribution in [1.29, 1.82) is 0 Å². The molecule has 2 N–H and O–H groups in total. The van der Waals surface area contributed by atoms with Gasteiger partial charge in [-0.15, -0.1) is 0 Å². The molecule has 0 unspecified atom stereocenters. The Balaban J connectivity index is 2.21. The lowest BCUT2D eigenvalue weighted by molar-refractivity contribution is -0.154. The summed E-state index contributed by atoms with van der Waals surface area (Å²) in [5.74, 6) is -0.540. The molecule has 0 radical (unpaired) electrons. The molecule has 80 valence electrons. The van der Waals surface area contributed by atoms with Crippen LogP contribution in [0.3, 0.4) is 0 Å². The van der Waals surface area contributed by atoms with E-state index in [0.29, 0.717) is 6.42 Å². The van der Waals surface area contributed by atoms with E-state index in [9.17, 15) is 9.90 Å². The second-order valence-corrected chi connectivity index (χ2v) is 4.24. The molecular formula is C12H14O3. The normalized spacial score (nSPS) is 18.1. The maximum absolute atomic E-state index is 11.1. The van der Waals surface area contributed by atoms with E-state index in [2.05, 4.69) is 0 Å². The summed E-state index contributed by atoms with van der Waals surface area (Å²) in [4.78, 5) is 11.1. The monoisotopic (exact) mass is 206 g/mol. The maximum atomic E-state index is 11.1. The summed E-state index contributed by atoms with van der Waals surface area (Å²) in [6.07, 6.45) is 2.85. The molecule has 1 saturated carbocycles. The predicted molar refractivity (Wildman–Crippen MR) is 55.7 cm³/mol. The van der Waals surface area contributed by atoms with E-state index in [1.807, 2.05) is 6.07 Å². The van der Waals surface area contributed by atoms with Crippen LogP contribution in [0.4, 0.5) is 0 Å². The molecule has 0 amide bonds. The molecule has 0 atom stereocenters. The largest absolute Gasteiger partial charge is 0.508 e. The van der Waals surface area contributed by atoms with Gasteiger partial charge in [0, 0.05) is 0 Å². The summed E-state index contributed by atoms with van der Waals surface area (Å²) >= 11 is 0. The molecule has 0 heterocycles. The summed E-state index contributed by atoms with van der Waals surface area (Å²) in [6.45, 7) is 0. The number of para-hydroxylation sites is 1. The van der Waals surface area contributed by atoms with E-state index in [4.69, 9.17) is 5.11 Å². The first-order chi connectivity index (χ1) is 7.14. The van der Waals surface area contributed by atoms with Crippen molar-refractivity contribution in [3.05, 3.63) is 29.8 Å². The Morgan fingerprint density at radius 1 is 1.33 bits per heavy atom. The Morgan fingerprint density at radius 2 is 2.00 bits per heavy atom. The first kappa shape index (κ1) is 10.0. The number of aliphatic carboxylic acids is 1. The number of carboxylic acid groups (broad SMARTS) is 1. The van der Waals surface area contributed by atoms with Crippen LogP contribution in [0.2, 0.25) is 0 Å². The second-order valence-electron chi connectivity index (χ2n) is 4.24. The highest BCUT2D eigenvalue weighted by Crippen LogP contribution is 2.44. The Labute approximate surface area is 88.4 Å². The van der Waals surface area contributed by atoms with Gasteiger partial charge in [-0.3, -0.25) is 4.79 Å². The van der Waals surface area contributed by atoms with Gasteiger partial charge in [0.1, 0.15) is 5.75 Å². The zero-order chi connectivity index (χ0) is 10.9. The number of phenolic OH excluding ortho intramolecular Hbond substituents is 1. The number of carboxylic acids is 1. The highest BCUT2D eigenvalue weighted by atomic mass is 16.4. The molecule has 1 aliphatic rings.